The van der Waals surface area contributed by atoms with Crippen molar-refractivity contribution in [3.8, 4) is 0 Å². The van der Waals surface area contributed by atoms with Gasteiger partial charge in [-0.3, -0.25) is 9.59 Å². The van der Waals surface area contributed by atoms with Crippen molar-refractivity contribution in [2.75, 3.05) is 18.4 Å². The third-order valence-electron chi connectivity index (χ3n) is 5.50. The highest BCUT2D eigenvalue weighted by atomic mass is 32.1. The van der Waals surface area contributed by atoms with Crippen LogP contribution in [0.5, 0.6) is 0 Å². The molecule has 6 heteroatoms. The number of nitrogens with zero attached hydrogens (tertiary/aromatic N) is 2. The molecule has 0 bridgehead atoms. The minimum absolute atomic E-state index is 0.0434. The molecule has 0 radical (unpaired) electrons. The normalized spacial score (nSPS) is 14.6. The molecule has 0 saturated heterocycles. The Morgan fingerprint density at radius 3 is 2.62 bits per heavy atom. The molecule has 0 atom stereocenters. The van der Waals surface area contributed by atoms with Gasteiger partial charge in [-0.2, -0.15) is 0 Å². The number of benzene rings is 2. The van der Waals surface area contributed by atoms with Crippen molar-refractivity contribution in [2.45, 2.75) is 32.1 Å². The molecule has 2 aromatic carbocycles. The molecule has 29 heavy (non-hydrogen) atoms. The summed E-state index contributed by atoms with van der Waals surface area (Å²) in [6, 6.07) is 13.7. The third-order valence-corrected chi connectivity index (χ3v) is 6.19. The first-order valence-corrected chi connectivity index (χ1v) is 11.0. The molecule has 4 rings (SSSR count). The molecular formula is C23H25N3O2S. The van der Waals surface area contributed by atoms with Gasteiger partial charge in [-0.05, 0) is 41.7 Å². The van der Waals surface area contributed by atoms with Crippen molar-refractivity contribution in [3.63, 3.8) is 0 Å². The fourth-order valence-electron chi connectivity index (χ4n) is 4.02. The zero-order chi connectivity index (χ0) is 20.1. The van der Waals surface area contributed by atoms with E-state index < -0.39 is 0 Å². The second-order valence-electron chi connectivity index (χ2n) is 7.64. The summed E-state index contributed by atoms with van der Waals surface area (Å²) in [4.78, 5) is 31.7. The van der Waals surface area contributed by atoms with Crippen molar-refractivity contribution >= 4 is 39.1 Å². The Kier molecular flexibility index (Phi) is 6.20. The number of rotatable bonds is 6. The van der Waals surface area contributed by atoms with Gasteiger partial charge in [0.25, 0.3) is 5.91 Å². The number of hydrogen-bond donors (Lipinski definition) is 1. The fraction of sp³-hybridized carbons (Fsp3) is 0.348. The molecule has 0 aliphatic heterocycles. The summed E-state index contributed by atoms with van der Waals surface area (Å²) < 4.78 is 0. The Balaban J connectivity index is 1.53. The van der Waals surface area contributed by atoms with Gasteiger partial charge in [0, 0.05) is 23.7 Å². The van der Waals surface area contributed by atoms with Crippen LogP contribution >= 0.6 is 11.3 Å². The van der Waals surface area contributed by atoms with Crippen LogP contribution in [0.15, 0.2) is 54.0 Å². The molecule has 0 spiro atoms. The fourth-order valence-corrected chi connectivity index (χ4v) is 4.57. The molecule has 3 aromatic rings. The van der Waals surface area contributed by atoms with E-state index in [1.165, 1.54) is 30.6 Å². The summed E-state index contributed by atoms with van der Waals surface area (Å²) in [5, 5.41) is 7.31. The van der Waals surface area contributed by atoms with E-state index in [-0.39, 0.29) is 18.4 Å². The van der Waals surface area contributed by atoms with Crippen LogP contribution in [0.4, 0.5) is 5.13 Å². The smallest absolute Gasteiger partial charge is 0.254 e. The van der Waals surface area contributed by atoms with Crippen LogP contribution < -0.4 is 5.32 Å². The molecule has 1 aliphatic rings. The first-order valence-electron chi connectivity index (χ1n) is 10.2. The number of carbonyl (C=O) groups is 2. The second-order valence-corrected chi connectivity index (χ2v) is 8.53. The molecular weight excluding hydrogens is 382 g/mol. The van der Waals surface area contributed by atoms with Crippen LogP contribution in [-0.4, -0.2) is 34.8 Å². The number of hydrogen-bond acceptors (Lipinski definition) is 4. The van der Waals surface area contributed by atoms with E-state index in [1.54, 1.807) is 11.1 Å². The van der Waals surface area contributed by atoms with Crippen molar-refractivity contribution in [2.24, 2.45) is 5.92 Å². The molecule has 5 nitrogen and oxygen atoms in total. The lowest BCUT2D eigenvalue weighted by Gasteiger charge is -2.29. The number of anilines is 1. The standard InChI is InChI=1S/C23H25N3O2S/c27-21(25-23-24-12-13-29-23)16-26(15-17-6-2-1-3-7-17)22(28)20-11-10-18-8-4-5-9-19(18)14-20/h4-5,8-14,17H,1-3,6-7,15-16H2,(H,24,25,27). The van der Waals surface area contributed by atoms with Crippen molar-refractivity contribution in [1.29, 1.82) is 0 Å². The van der Waals surface area contributed by atoms with Gasteiger partial charge in [0.1, 0.15) is 6.54 Å². The average molecular weight is 408 g/mol. The Morgan fingerprint density at radius 2 is 1.86 bits per heavy atom. The molecule has 1 fully saturated rings. The summed E-state index contributed by atoms with van der Waals surface area (Å²) in [6.45, 7) is 0.665. The van der Waals surface area contributed by atoms with Crippen LogP contribution in [0, 0.1) is 5.92 Å². The van der Waals surface area contributed by atoms with Crippen molar-refractivity contribution in [3.05, 3.63) is 59.6 Å². The lowest BCUT2D eigenvalue weighted by atomic mass is 9.89. The first-order chi connectivity index (χ1) is 14.2. The molecule has 2 amide bonds. The summed E-state index contributed by atoms with van der Waals surface area (Å²) >= 11 is 1.37. The molecule has 1 heterocycles. The summed E-state index contributed by atoms with van der Waals surface area (Å²) in [6.07, 6.45) is 7.56. The minimum atomic E-state index is -0.204. The van der Waals surface area contributed by atoms with Gasteiger partial charge in [0.05, 0.1) is 0 Å². The Labute approximate surface area is 174 Å². The largest absolute Gasteiger partial charge is 0.329 e. The van der Waals surface area contributed by atoms with E-state index in [4.69, 9.17) is 0 Å². The zero-order valence-electron chi connectivity index (χ0n) is 16.3. The molecule has 1 aromatic heterocycles. The molecule has 1 aliphatic carbocycles. The van der Waals surface area contributed by atoms with Gasteiger partial charge >= 0.3 is 0 Å². The van der Waals surface area contributed by atoms with Crippen LogP contribution in [0.1, 0.15) is 42.5 Å². The first kappa shape index (κ1) is 19.6. The number of carbonyl (C=O) groups excluding carboxylic acids is 2. The quantitative estimate of drug-likeness (QED) is 0.628. The van der Waals surface area contributed by atoms with E-state index in [0.29, 0.717) is 23.2 Å². The maximum absolute atomic E-state index is 13.3. The van der Waals surface area contributed by atoms with Crippen LogP contribution in [0.3, 0.4) is 0 Å². The lowest BCUT2D eigenvalue weighted by molar-refractivity contribution is -0.117. The molecule has 1 N–H and O–H groups in total. The number of nitrogens with one attached hydrogen (secondary N) is 1. The minimum Gasteiger partial charge on any atom is -0.329 e. The summed E-state index contributed by atoms with van der Waals surface area (Å²) in [7, 11) is 0. The second kappa shape index (κ2) is 9.18. The number of amides is 2. The molecule has 150 valence electrons. The Hall–Kier alpha value is -2.73. The Bertz CT molecular complexity index is 981. The topological polar surface area (TPSA) is 62.3 Å². The SMILES string of the molecule is O=C(CN(CC1CCCCC1)C(=O)c1ccc2ccccc2c1)Nc1nccs1. The summed E-state index contributed by atoms with van der Waals surface area (Å²) in [5.41, 5.74) is 0.626. The van der Waals surface area contributed by atoms with E-state index in [1.807, 2.05) is 47.8 Å². The molecule has 0 unspecified atom stereocenters. The van der Waals surface area contributed by atoms with Crippen LogP contribution in [0.2, 0.25) is 0 Å². The van der Waals surface area contributed by atoms with Gasteiger partial charge in [0.2, 0.25) is 5.91 Å². The van der Waals surface area contributed by atoms with Gasteiger partial charge in [-0.1, -0.05) is 49.6 Å². The van der Waals surface area contributed by atoms with Gasteiger partial charge in [0.15, 0.2) is 5.13 Å². The Morgan fingerprint density at radius 1 is 1.07 bits per heavy atom. The highest BCUT2D eigenvalue weighted by Crippen LogP contribution is 2.25. The van der Waals surface area contributed by atoms with Crippen LogP contribution in [-0.2, 0) is 4.79 Å². The maximum Gasteiger partial charge on any atom is 0.254 e. The van der Waals surface area contributed by atoms with Gasteiger partial charge in [-0.15, -0.1) is 11.3 Å². The zero-order valence-corrected chi connectivity index (χ0v) is 17.2. The van der Waals surface area contributed by atoms with Gasteiger partial charge in [-0.25, -0.2) is 4.98 Å². The molecule has 1 saturated carbocycles. The third kappa shape index (κ3) is 5.01. The predicted molar refractivity (Wildman–Crippen MR) is 117 cm³/mol. The monoisotopic (exact) mass is 407 g/mol. The van der Waals surface area contributed by atoms with Crippen LogP contribution in [0.25, 0.3) is 10.8 Å². The highest BCUT2D eigenvalue weighted by molar-refractivity contribution is 7.13. The van der Waals surface area contributed by atoms with E-state index in [9.17, 15) is 9.59 Å². The van der Waals surface area contributed by atoms with Crippen molar-refractivity contribution in [1.82, 2.24) is 9.88 Å². The number of thiazole rings is 1. The van der Waals surface area contributed by atoms with E-state index in [0.717, 1.165) is 23.6 Å². The van der Waals surface area contributed by atoms with Crippen molar-refractivity contribution < 1.29 is 9.59 Å². The predicted octanol–water partition coefficient (Wildman–Crippen LogP) is 4.96. The van der Waals surface area contributed by atoms with E-state index in [2.05, 4.69) is 10.3 Å². The number of aromatic nitrogens is 1. The van der Waals surface area contributed by atoms with Gasteiger partial charge < -0.3 is 10.2 Å². The average Bonchev–Trinajstić information content (AvgIpc) is 3.26. The van der Waals surface area contributed by atoms with E-state index >= 15 is 0 Å². The highest BCUT2D eigenvalue weighted by Gasteiger charge is 2.24. The lowest BCUT2D eigenvalue weighted by Crippen LogP contribution is -2.41. The summed E-state index contributed by atoms with van der Waals surface area (Å²) in [5.74, 6) is 0.168. The maximum atomic E-state index is 13.3. The number of fused-ring (bicyclic) bond motifs is 1.